The molecule has 0 bridgehead atoms. The minimum atomic E-state index is -2.34. The van der Waals surface area contributed by atoms with Crippen molar-refractivity contribution >= 4 is 14.4 Å². The van der Waals surface area contributed by atoms with Gasteiger partial charge in [0, 0.05) is 6.54 Å². The van der Waals surface area contributed by atoms with E-state index in [2.05, 4.69) is 46.9 Å². The lowest BCUT2D eigenvalue weighted by Crippen LogP contribution is -2.51. The van der Waals surface area contributed by atoms with Crippen LogP contribution in [0.2, 0.25) is 16.6 Å². The molecule has 0 aliphatic carbocycles. The molecule has 33 heavy (non-hydrogen) atoms. The predicted octanol–water partition coefficient (Wildman–Crippen LogP) is 6.20. The molecule has 180 valence electrons. The molecule has 2 aromatic rings. The molecule has 3 rings (SSSR count). The number of fused-ring (bicyclic) bond motifs is 1. The average Bonchev–Trinajstić information content (AvgIpc) is 3.22. The van der Waals surface area contributed by atoms with Crippen LogP contribution >= 0.6 is 0 Å². The molecule has 1 amide bonds. The number of amides is 1. The van der Waals surface area contributed by atoms with Crippen molar-refractivity contribution in [3.63, 3.8) is 0 Å². The second-order valence-corrected chi connectivity index (χ2v) is 14.7. The monoisotopic (exact) mass is 473 g/mol. The Morgan fingerprint density at radius 1 is 1.03 bits per heavy atom. The Balaban J connectivity index is 1.89. The number of phenols is 1. The molecule has 1 aliphatic heterocycles. The molecule has 0 saturated carbocycles. The molecular weight excluding hydrogens is 438 g/mol. The average molecular weight is 474 g/mol. The van der Waals surface area contributed by atoms with Gasteiger partial charge in [-0.25, -0.2) is 4.79 Å². The molecule has 1 aliphatic rings. The first kappa shape index (κ1) is 24.8. The molecule has 0 unspecified atom stereocenters. The zero-order valence-electron chi connectivity index (χ0n) is 20.5. The smallest absolute Gasteiger partial charge is 0.393 e. The molecule has 0 fully saturated rings. The minimum absolute atomic E-state index is 0.0580. The van der Waals surface area contributed by atoms with Crippen molar-refractivity contribution in [1.29, 1.82) is 0 Å². The Morgan fingerprint density at radius 2 is 1.64 bits per heavy atom. The van der Waals surface area contributed by atoms with Crippen LogP contribution in [-0.2, 0) is 11.0 Å². The maximum Gasteiger partial charge on any atom is 0.393 e. The molecule has 2 aromatic carbocycles. The van der Waals surface area contributed by atoms with E-state index in [0.717, 1.165) is 16.7 Å². The number of carbonyl (C=O) groups excluding carboxylic acids is 1. The summed E-state index contributed by atoms with van der Waals surface area (Å²) in [7, 11) is -0.838. The predicted molar refractivity (Wildman–Crippen MR) is 131 cm³/mol. The lowest BCUT2D eigenvalue weighted by Gasteiger charge is -2.41. The van der Waals surface area contributed by atoms with E-state index >= 15 is 0 Å². The number of benzene rings is 2. The van der Waals surface area contributed by atoms with Gasteiger partial charge in [-0.1, -0.05) is 47.6 Å². The Hall–Kier alpha value is -2.87. The molecule has 0 radical (unpaired) electrons. The van der Waals surface area contributed by atoms with Gasteiger partial charge in [0.05, 0.1) is 7.11 Å². The molecule has 0 aromatic heterocycles. The zero-order valence-corrected chi connectivity index (χ0v) is 21.5. The first-order valence-electron chi connectivity index (χ1n) is 11.4. The number of rotatable bonds is 8. The van der Waals surface area contributed by atoms with Gasteiger partial charge in [0.25, 0.3) is 8.32 Å². The second-order valence-electron chi connectivity index (χ2n) is 9.31. The van der Waals surface area contributed by atoms with E-state index in [0.29, 0.717) is 33.9 Å². The van der Waals surface area contributed by atoms with Crippen LogP contribution in [0.1, 0.15) is 47.1 Å². The van der Waals surface area contributed by atoms with E-state index in [9.17, 15) is 9.90 Å². The van der Waals surface area contributed by atoms with Crippen LogP contribution in [-0.4, -0.2) is 33.4 Å². The van der Waals surface area contributed by atoms with Gasteiger partial charge in [-0.05, 0) is 57.6 Å². The third kappa shape index (κ3) is 4.90. The standard InChI is InChI=1S/C25H35NO6Si/c1-15(2)33(16(3)4,17(5)6)32-25(28)26-13-19-11-23-24(31-14-30-23)12-20(19)18-8-9-21(27)22(10-18)29-7/h8-12,15-17,27H,13-14H2,1-7H3,(H,26,28). The first-order chi connectivity index (χ1) is 15.6. The van der Waals surface area contributed by atoms with E-state index < -0.39 is 14.4 Å². The van der Waals surface area contributed by atoms with Crippen molar-refractivity contribution in [2.45, 2.75) is 64.7 Å². The summed E-state index contributed by atoms with van der Waals surface area (Å²) in [6.45, 7) is 13.3. The molecule has 0 atom stereocenters. The SMILES string of the molecule is COc1cc(-c2cc3c(cc2CNC(=O)O[Si](C(C)C)(C(C)C)C(C)C)OCO3)ccc1O. The third-order valence-corrected chi connectivity index (χ3v) is 12.4. The zero-order chi connectivity index (χ0) is 24.3. The number of carbonyl (C=O) groups is 1. The fourth-order valence-corrected chi connectivity index (χ4v) is 10.1. The van der Waals surface area contributed by atoms with Crippen LogP contribution in [0.3, 0.4) is 0 Å². The van der Waals surface area contributed by atoms with Gasteiger partial charge in [0.15, 0.2) is 23.0 Å². The topological polar surface area (TPSA) is 86.3 Å². The van der Waals surface area contributed by atoms with Gasteiger partial charge in [-0.15, -0.1) is 0 Å². The van der Waals surface area contributed by atoms with E-state index in [-0.39, 0.29) is 19.1 Å². The summed E-state index contributed by atoms with van der Waals surface area (Å²) >= 11 is 0. The van der Waals surface area contributed by atoms with Crippen LogP contribution in [0.4, 0.5) is 4.79 Å². The fraction of sp³-hybridized carbons (Fsp3) is 0.480. The van der Waals surface area contributed by atoms with Crippen LogP contribution in [0, 0.1) is 0 Å². The number of hydrogen-bond donors (Lipinski definition) is 2. The molecule has 8 heteroatoms. The Labute approximate surface area is 197 Å². The molecule has 2 N–H and O–H groups in total. The van der Waals surface area contributed by atoms with Crippen molar-refractivity contribution in [3.8, 4) is 34.1 Å². The normalized spacial score (nSPS) is 13.0. The highest BCUT2D eigenvalue weighted by molar-refractivity contribution is 6.78. The number of phenolic OH excluding ortho intramolecular Hbond substituents is 1. The maximum absolute atomic E-state index is 13.0. The van der Waals surface area contributed by atoms with Crippen molar-refractivity contribution < 1.29 is 28.5 Å². The summed E-state index contributed by atoms with van der Waals surface area (Å²) in [6.07, 6.45) is -0.398. The van der Waals surface area contributed by atoms with Crippen molar-refractivity contribution in [3.05, 3.63) is 35.9 Å². The summed E-state index contributed by atoms with van der Waals surface area (Å²) in [6, 6.07) is 8.88. The summed E-state index contributed by atoms with van der Waals surface area (Å²) in [5.41, 5.74) is 3.41. The Kier molecular flexibility index (Phi) is 7.47. The van der Waals surface area contributed by atoms with Gasteiger partial charge >= 0.3 is 6.09 Å². The molecule has 1 heterocycles. The molecule has 7 nitrogen and oxygen atoms in total. The summed E-state index contributed by atoms with van der Waals surface area (Å²) in [4.78, 5) is 13.0. The van der Waals surface area contributed by atoms with Crippen LogP contribution in [0.15, 0.2) is 30.3 Å². The Morgan fingerprint density at radius 3 is 2.21 bits per heavy atom. The van der Waals surface area contributed by atoms with Crippen molar-refractivity contribution in [1.82, 2.24) is 5.32 Å². The quantitative estimate of drug-likeness (QED) is 0.444. The first-order valence-corrected chi connectivity index (χ1v) is 13.5. The third-order valence-electron chi connectivity index (χ3n) is 6.49. The van der Waals surface area contributed by atoms with Gasteiger partial charge in [0.2, 0.25) is 6.79 Å². The van der Waals surface area contributed by atoms with Gasteiger partial charge in [-0.3, -0.25) is 0 Å². The number of nitrogens with one attached hydrogen (secondary N) is 1. The fourth-order valence-electron chi connectivity index (χ4n) is 4.96. The lowest BCUT2D eigenvalue weighted by atomic mass is 9.98. The highest BCUT2D eigenvalue weighted by Gasteiger charge is 2.48. The summed E-state index contributed by atoms with van der Waals surface area (Å²) < 4.78 is 22.6. The maximum atomic E-state index is 13.0. The number of methoxy groups -OCH3 is 1. The van der Waals surface area contributed by atoms with Gasteiger partial charge < -0.3 is 29.1 Å². The second kappa shape index (κ2) is 9.95. The molecular formula is C25H35NO6Si. The number of aromatic hydroxyl groups is 1. The summed E-state index contributed by atoms with van der Waals surface area (Å²) in [5, 5.41) is 12.9. The van der Waals surface area contributed by atoms with Crippen molar-refractivity contribution in [2.24, 2.45) is 0 Å². The largest absolute Gasteiger partial charge is 0.504 e. The lowest BCUT2D eigenvalue weighted by molar-refractivity contribution is 0.174. The van der Waals surface area contributed by atoms with E-state index in [4.69, 9.17) is 18.6 Å². The number of ether oxygens (including phenoxy) is 3. The molecule has 0 saturated heterocycles. The van der Waals surface area contributed by atoms with Crippen LogP contribution in [0.5, 0.6) is 23.0 Å². The van der Waals surface area contributed by atoms with Crippen LogP contribution in [0.25, 0.3) is 11.1 Å². The summed E-state index contributed by atoms with van der Waals surface area (Å²) in [5.74, 6) is 1.69. The minimum Gasteiger partial charge on any atom is -0.504 e. The Bertz CT molecular complexity index is 983. The highest BCUT2D eigenvalue weighted by Crippen LogP contribution is 2.43. The van der Waals surface area contributed by atoms with E-state index in [1.54, 1.807) is 18.2 Å². The van der Waals surface area contributed by atoms with Crippen molar-refractivity contribution in [2.75, 3.05) is 13.9 Å². The van der Waals surface area contributed by atoms with Gasteiger partial charge in [0.1, 0.15) is 0 Å². The number of hydrogen-bond acceptors (Lipinski definition) is 6. The van der Waals surface area contributed by atoms with Crippen LogP contribution < -0.4 is 19.5 Å². The molecule has 0 spiro atoms. The van der Waals surface area contributed by atoms with E-state index in [1.165, 1.54) is 7.11 Å². The van der Waals surface area contributed by atoms with E-state index in [1.807, 2.05) is 12.1 Å². The van der Waals surface area contributed by atoms with Gasteiger partial charge in [-0.2, -0.15) is 0 Å². The highest BCUT2D eigenvalue weighted by atomic mass is 28.4.